The summed E-state index contributed by atoms with van der Waals surface area (Å²) < 4.78 is 1.94. The predicted octanol–water partition coefficient (Wildman–Crippen LogP) is -0.591. The molecule has 7 heteroatoms. The van der Waals surface area contributed by atoms with E-state index < -0.39 is 0 Å². The molecule has 0 radical (unpaired) electrons. The molecule has 2 aliphatic rings. The van der Waals surface area contributed by atoms with Crippen LogP contribution in [0.1, 0.15) is 17.0 Å². The first-order valence-electron chi connectivity index (χ1n) is 5.62. The smallest absolute Gasteiger partial charge is 0.315 e. The van der Waals surface area contributed by atoms with Gasteiger partial charge in [0, 0.05) is 24.7 Å². The lowest BCUT2D eigenvalue weighted by Gasteiger charge is -2.24. The van der Waals surface area contributed by atoms with Gasteiger partial charge in [0.05, 0.1) is 31.0 Å². The highest BCUT2D eigenvalue weighted by molar-refractivity contribution is 5.72. The van der Waals surface area contributed by atoms with E-state index >= 15 is 0 Å². The summed E-state index contributed by atoms with van der Waals surface area (Å²) in [7, 11) is 0. The molecule has 1 aromatic heterocycles. The predicted molar refractivity (Wildman–Crippen MR) is 61.3 cm³/mol. The van der Waals surface area contributed by atoms with Crippen molar-refractivity contribution in [3.8, 4) is 0 Å². The molecular weight excluding hydrogens is 220 g/mol. The number of carbonyl (C=O) groups is 1. The Labute approximate surface area is 98.3 Å². The van der Waals surface area contributed by atoms with Crippen LogP contribution in [0.2, 0.25) is 0 Å². The van der Waals surface area contributed by atoms with Gasteiger partial charge < -0.3 is 16.1 Å². The van der Waals surface area contributed by atoms with E-state index in [0.29, 0.717) is 26.2 Å². The number of hydrazone groups is 1. The van der Waals surface area contributed by atoms with Gasteiger partial charge in [0.25, 0.3) is 0 Å². The minimum atomic E-state index is -0.367. The lowest BCUT2D eigenvalue weighted by molar-refractivity contribution is 0.202. The first kappa shape index (κ1) is 10.1. The van der Waals surface area contributed by atoms with Crippen LogP contribution in [0.25, 0.3) is 0 Å². The summed E-state index contributed by atoms with van der Waals surface area (Å²) in [5, 5.41) is 8.57. The fraction of sp³-hybridized carbons (Fsp3) is 0.500. The zero-order valence-corrected chi connectivity index (χ0v) is 9.39. The van der Waals surface area contributed by atoms with Crippen LogP contribution in [-0.2, 0) is 26.1 Å². The quantitative estimate of drug-likeness (QED) is 0.628. The monoisotopic (exact) mass is 234 g/mol. The van der Waals surface area contributed by atoms with E-state index in [-0.39, 0.29) is 6.03 Å². The molecule has 3 N–H and O–H groups in total. The third-order valence-corrected chi connectivity index (χ3v) is 3.21. The van der Waals surface area contributed by atoms with E-state index in [9.17, 15) is 4.79 Å². The number of nitrogens with zero attached hydrogens (tertiary/aromatic N) is 4. The maximum atomic E-state index is 11.2. The molecule has 3 heterocycles. The van der Waals surface area contributed by atoms with Gasteiger partial charge in [-0.3, -0.25) is 4.68 Å². The first-order valence-corrected chi connectivity index (χ1v) is 5.62. The fourth-order valence-corrected chi connectivity index (χ4v) is 2.32. The number of aromatic nitrogens is 2. The van der Waals surface area contributed by atoms with Crippen LogP contribution >= 0.6 is 0 Å². The minimum Gasteiger partial charge on any atom is -0.351 e. The molecule has 90 valence electrons. The molecule has 2 amide bonds. The first-order chi connectivity index (χ1) is 8.25. The van der Waals surface area contributed by atoms with Crippen LogP contribution in [-0.4, -0.2) is 33.5 Å². The van der Waals surface area contributed by atoms with Crippen molar-refractivity contribution < 1.29 is 4.79 Å². The van der Waals surface area contributed by atoms with Crippen LogP contribution in [0, 0.1) is 0 Å². The van der Waals surface area contributed by atoms with Gasteiger partial charge in [-0.15, -0.1) is 0 Å². The number of nitrogens with two attached hydrogens (primary N) is 1. The van der Waals surface area contributed by atoms with Crippen molar-refractivity contribution in [3.63, 3.8) is 0 Å². The van der Waals surface area contributed by atoms with Crippen molar-refractivity contribution in [1.29, 1.82) is 0 Å². The lowest BCUT2D eigenvalue weighted by Crippen LogP contribution is -2.39. The molecule has 0 aromatic carbocycles. The van der Waals surface area contributed by atoms with Gasteiger partial charge in [-0.05, 0) is 0 Å². The summed E-state index contributed by atoms with van der Waals surface area (Å²) in [5.74, 6) is 0. The maximum Gasteiger partial charge on any atom is 0.315 e. The normalized spacial score (nSPS) is 18.0. The van der Waals surface area contributed by atoms with Crippen molar-refractivity contribution in [2.45, 2.75) is 26.1 Å². The summed E-state index contributed by atoms with van der Waals surface area (Å²) in [6.45, 7) is 2.53. The SMILES string of the molecule is NC(=O)N1CCc2nn3c(c2C1)CNN=CC3. The van der Waals surface area contributed by atoms with E-state index in [1.54, 1.807) is 11.1 Å². The standard InChI is InChI=1S/C10H14N6O/c11-10(17)15-3-1-8-7(6-15)9-5-13-12-2-4-16(9)14-8/h2,13H,1,3-6H2,(H2,11,17). The lowest BCUT2D eigenvalue weighted by atomic mass is 10.1. The van der Waals surface area contributed by atoms with Crippen LogP contribution in [0.4, 0.5) is 4.79 Å². The zero-order valence-electron chi connectivity index (χ0n) is 9.39. The molecule has 0 saturated carbocycles. The third-order valence-electron chi connectivity index (χ3n) is 3.21. The van der Waals surface area contributed by atoms with Crippen molar-refractivity contribution in [2.24, 2.45) is 10.8 Å². The molecule has 0 bridgehead atoms. The van der Waals surface area contributed by atoms with E-state index in [1.165, 1.54) is 0 Å². The van der Waals surface area contributed by atoms with Gasteiger partial charge in [0.15, 0.2) is 0 Å². The second-order valence-corrected chi connectivity index (χ2v) is 4.21. The molecular formula is C10H14N6O. The largest absolute Gasteiger partial charge is 0.351 e. The Morgan fingerprint density at radius 1 is 1.53 bits per heavy atom. The highest BCUT2D eigenvalue weighted by atomic mass is 16.2. The minimum absolute atomic E-state index is 0.367. The Bertz CT molecular complexity index is 491. The van der Waals surface area contributed by atoms with Crippen molar-refractivity contribution >= 4 is 12.2 Å². The number of carbonyl (C=O) groups excluding carboxylic acids is 1. The Kier molecular flexibility index (Phi) is 2.24. The van der Waals surface area contributed by atoms with Crippen LogP contribution in [0.3, 0.4) is 0 Å². The number of rotatable bonds is 0. The van der Waals surface area contributed by atoms with E-state index in [2.05, 4.69) is 15.6 Å². The molecule has 0 spiro atoms. The Hall–Kier alpha value is -2.05. The Balaban J connectivity index is 1.97. The number of amides is 2. The number of primary amides is 1. The van der Waals surface area contributed by atoms with Gasteiger partial charge in [-0.1, -0.05) is 0 Å². The van der Waals surface area contributed by atoms with E-state index in [0.717, 1.165) is 23.4 Å². The number of urea groups is 1. The van der Waals surface area contributed by atoms with Gasteiger partial charge >= 0.3 is 6.03 Å². The maximum absolute atomic E-state index is 11.2. The molecule has 0 atom stereocenters. The third kappa shape index (κ3) is 1.63. The van der Waals surface area contributed by atoms with Gasteiger partial charge in [-0.25, -0.2) is 4.79 Å². The summed E-state index contributed by atoms with van der Waals surface area (Å²) in [4.78, 5) is 12.9. The average Bonchev–Trinajstić information content (AvgIpc) is 2.51. The Morgan fingerprint density at radius 3 is 3.24 bits per heavy atom. The summed E-state index contributed by atoms with van der Waals surface area (Å²) in [5.41, 5.74) is 11.6. The van der Waals surface area contributed by atoms with Gasteiger partial charge in [0.2, 0.25) is 0 Å². The number of hydrogen-bond donors (Lipinski definition) is 2. The van der Waals surface area contributed by atoms with Crippen LogP contribution < -0.4 is 11.2 Å². The summed E-state index contributed by atoms with van der Waals surface area (Å²) >= 11 is 0. The molecule has 0 saturated heterocycles. The second kappa shape index (κ2) is 3.76. The molecule has 3 rings (SSSR count). The van der Waals surface area contributed by atoms with Crippen molar-refractivity contribution in [3.05, 3.63) is 17.0 Å². The second-order valence-electron chi connectivity index (χ2n) is 4.21. The Morgan fingerprint density at radius 2 is 2.41 bits per heavy atom. The van der Waals surface area contributed by atoms with Gasteiger partial charge in [0.1, 0.15) is 0 Å². The van der Waals surface area contributed by atoms with E-state index in [1.807, 2.05) is 4.68 Å². The summed E-state index contributed by atoms with van der Waals surface area (Å²) in [6, 6.07) is -0.367. The van der Waals surface area contributed by atoms with Gasteiger partial charge in [-0.2, -0.15) is 10.2 Å². The number of nitrogens with one attached hydrogen (secondary N) is 1. The topological polar surface area (TPSA) is 88.5 Å². The van der Waals surface area contributed by atoms with Crippen LogP contribution in [0.5, 0.6) is 0 Å². The van der Waals surface area contributed by atoms with Crippen LogP contribution in [0.15, 0.2) is 5.10 Å². The molecule has 0 aliphatic carbocycles. The van der Waals surface area contributed by atoms with E-state index in [4.69, 9.17) is 5.73 Å². The number of fused-ring (bicyclic) bond motifs is 3. The van der Waals surface area contributed by atoms with Crippen molar-refractivity contribution in [1.82, 2.24) is 20.1 Å². The highest BCUT2D eigenvalue weighted by Gasteiger charge is 2.26. The molecule has 17 heavy (non-hydrogen) atoms. The fourth-order valence-electron chi connectivity index (χ4n) is 2.32. The summed E-state index contributed by atoms with van der Waals surface area (Å²) in [6.07, 6.45) is 2.57. The average molecular weight is 234 g/mol. The molecule has 1 aromatic rings. The highest BCUT2D eigenvalue weighted by Crippen LogP contribution is 2.22. The molecule has 2 aliphatic heterocycles. The number of hydrogen-bond acceptors (Lipinski definition) is 4. The molecule has 7 nitrogen and oxygen atoms in total. The molecule has 0 unspecified atom stereocenters. The van der Waals surface area contributed by atoms with Crippen molar-refractivity contribution in [2.75, 3.05) is 6.54 Å². The zero-order chi connectivity index (χ0) is 11.8. The molecule has 0 fully saturated rings.